The lowest BCUT2D eigenvalue weighted by Crippen LogP contribution is -2.37. The lowest BCUT2D eigenvalue weighted by molar-refractivity contribution is 0.0832. The number of nitrogens with one attached hydrogen (secondary N) is 2. The van der Waals surface area contributed by atoms with Crippen LogP contribution in [-0.4, -0.2) is 65.3 Å². The highest BCUT2D eigenvalue weighted by Gasteiger charge is 2.16. The summed E-state index contributed by atoms with van der Waals surface area (Å²) in [6, 6.07) is 21.8. The third kappa shape index (κ3) is 7.65. The van der Waals surface area contributed by atoms with E-state index in [1.165, 1.54) is 16.9 Å². The summed E-state index contributed by atoms with van der Waals surface area (Å²) in [7, 11) is 1.65. The maximum Gasteiger partial charge on any atom is 0.261 e. The fourth-order valence-corrected chi connectivity index (χ4v) is 5.65. The predicted molar refractivity (Wildman–Crippen MR) is 159 cm³/mol. The number of likely N-dealkylation sites (tertiary alicyclic amines) is 1. The Morgan fingerprint density at radius 1 is 1.05 bits per heavy atom. The highest BCUT2D eigenvalue weighted by Crippen LogP contribution is 2.28. The largest absolute Gasteiger partial charge is 0.497 e. The van der Waals surface area contributed by atoms with Gasteiger partial charge in [0, 0.05) is 38.1 Å². The maximum absolute atomic E-state index is 12.7. The van der Waals surface area contributed by atoms with Gasteiger partial charge in [0.15, 0.2) is 0 Å². The molecule has 0 radical (unpaired) electrons. The van der Waals surface area contributed by atoms with Gasteiger partial charge in [-0.25, -0.2) is 9.97 Å². The molecule has 2 aromatic carbocycles. The van der Waals surface area contributed by atoms with Gasteiger partial charge in [-0.15, -0.1) is 11.3 Å². The molecule has 1 aliphatic rings. The van der Waals surface area contributed by atoms with Crippen molar-refractivity contribution in [2.75, 3.05) is 38.6 Å². The van der Waals surface area contributed by atoms with E-state index in [-0.39, 0.29) is 12.0 Å². The smallest absolute Gasteiger partial charge is 0.261 e. The van der Waals surface area contributed by atoms with Crippen molar-refractivity contribution in [2.24, 2.45) is 0 Å². The minimum absolute atomic E-state index is 0.0934. The number of aliphatic hydroxyl groups is 1. The first-order chi connectivity index (χ1) is 19.6. The van der Waals surface area contributed by atoms with Crippen molar-refractivity contribution >= 4 is 28.9 Å². The number of carbonyl (C=O) groups is 1. The molecule has 1 fully saturated rings. The Morgan fingerprint density at radius 3 is 2.67 bits per heavy atom. The molecule has 3 N–H and O–H groups in total. The number of carbonyl (C=O) groups excluding carboxylic acids is 1. The van der Waals surface area contributed by atoms with Gasteiger partial charge in [0.05, 0.1) is 28.7 Å². The van der Waals surface area contributed by atoms with E-state index in [9.17, 15) is 9.90 Å². The molecule has 0 bridgehead atoms. The number of benzene rings is 2. The van der Waals surface area contributed by atoms with Gasteiger partial charge in [-0.1, -0.05) is 24.3 Å². The molecule has 0 aliphatic carbocycles. The van der Waals surface area contributed by atoms with Crippen molar-refractivity contribution < 1.29 is 14.6 Å². The van der Waals surface area contributed by atoms with Crippen molar-refractivity contribution in [1.29, 1.82) is 0 Å². The molecule has 1 saturated heterocycles. The van der Waals surface area contributed by atoms with Gasteiger partial charge in [0.25, 0.3) is 5.91 Å². The SMILES string of the molecule is COc1cccc(CCNC(=O)c2ccc(-c3ccnc(Nc4cccc(CCN5CCC(O)CC5)c4)n3)s2)c1. The second-order valence-corrected chi connectivity index (χ2v) is 11.0. The average molecular weight is 558 g/mol. The van der Waals surface area contributed by atoms with Gasteiger partial charge >= 0.3 is 0 Å². The van der Waals surface area contributed by atoms with E-state index in [1.54, 1.807) is 13.3 Å². The second-order valence-electron chi connectivity index (χ2n) is 9.94. The zero-order valence-electron chi connectivity index (χ0n) is 22.7. The normalized spacial score (nSPS) is 14.2. The van der Waals surface area contributed by atoms with E-state index in [0.29, 0.717) is 17.4 Å². The Labute approximate surface area is 239 Å². The number of methoxy groups -OCH3 is 1. The number of aromatic nitrogens is 2. The number of thiophene rings is 1. The average Bonchev–Trinajstić information content (AvgIpc) is 3.48. The number of anilines is 2. The molecule has 0 spiro atoms. The number of piperidine rings is 1. The molecule has 3 heterocycles. The number of ether oxygens (including phenoxy) is 1. The van der Waals surface area contributed by atoms with Crippen molar-refractivity contribution in [3.63, 3.8) is 0 Å². The number of hydrogen-bond donors (Lipinski definition) is 3. The van der Waals surface area contributed by atoms with E-state index < -0.39 is 0 Å². The van der Waals surface area contributed by atoms with Crippen LogP contribution in [0.2, 0.25) is 0 Å². The maximum atomic E-state index is 12.7. The number of hydrogen-bond acceptors (Lipinski definition) is 8. The number of nitrogens with zero attached hydrogens (tertiary/aromatic N) is 3. The Hall–Kier alpha value is -3.79. The Bertz CT molecular complexity index is 1420. The van der Waals surface area contributed by atoms with E-state index >= 15 is 0 Å². The first kappa shape index (κ1) is 27.8. The highest BCUT2D eigenvalue weighted by atomic mass is 32.1. The van der Waals surface area contributed by atoms with Crippen LogP contribution in [0.3, 0.4) is 0 Å². The molecule has 0 unspecified atom stereocenters. The third-order valence-electron chi connectivity index (χ3n) is 7.03. The fraction of sp³-hybridized carbons (Fsp3) is 0.323. The molecule has 0 atom stereocenters. The summed E-state index contributed by atoms with van der Waals surface area (Å²) in [5.41, 5.74) is 4.06. The van der Waals surface area contributed by atoms with E-state index in [2.05, 4.69) is 32.7 Å². The fourth-order valence-electron chi connectivity index (χ4n) is 4.75. The molecule has 8 nitrogen and oxygen atoms in total. The first-order valence-corrected chi connectivity index (χ1v) is 14.5. The van der Waals surface area contributed by atoms with Gasteiger partial charge in [0.2, 0.25) is 5.95 Å². The van der Waals surface area contributed by atoms with Gasteiger partial charge in [-0.2, -0.15) is 0 Å². The molecule has 1 amide bonds. The Morgan fingerprint density at radius 2 is 1.85 bits per heavy atom. The summed E-state index contributed by atoms with van der Waals surface area (Å²) in [6.45, 7) is 3.43. The lowest BCUT2D eigenvalue weighted by Gasteiger charge is -2.29. The van der Waals surface area contributed by atoms with Crippen molar-refractivity contribution in [3.05, 3.63) is 88.9 Å². The summed E-state index contributed by atoms with van der Waals surface area (Å²) >= 11 is 1.41. The molecule has 9 heteroatoms. The molecule has 1 aliphatic heterocycles. The third-order valence-corrected chi connectivity index (χ3v) is 8.13. The zero-order valence-corrected chi connectivity index (χ0v) is 23.5. The quantitative estimate of drug-likeness (QED) is 0.241. The van der Waals surface area contributed by atoms with Crippen LogP contribution in [0.1, 0.15) is 33.6 Å². The summed E-state index contributed by atoms with van der Waals surface area (Å²) in [4.78, 5) is 25.8. The molecule has 40 heavy (non-hydrogen) atoms. The van der Waals surface area contributed by atoms with Crippen LogP contribution in [-0.2, 0) is 12.8 Å². The number of amides is 1. The summed E-state index contributed by atoms with van der Waals surface area (Å²) in [6.07, 6.45) is 4.98. The Balaban J connectivity index is 1.15. The topological polar surface area (TPSA) is 99.6 Å². The zero-order chi connectivity index (χ0) is 27.7. The molecule has 4 aromatic rings. The van der Waals surface area contributed by atoms with Crippen molar-refractivity contribution in [1.82, 2.24) is 20.2 Å². The minimum atomic E-state index is -0.146. The van der Waals surface area contributed by atoms with Crippen LogP contribution >= 0.6 is 11.3 Å². The van der Waals surface area contributed by atoms with E-state index in [4.69, 9.17) is 9.72 Å². The van der Waals surface area contributed by atoms with Crippen LogP contribution in [0, 0.1) is 0 Å². The Kier molecular flexibility index (Phi) is 9.38. The van der Waals surface area contributed by atoms with E-state index in [0.717, 1.165) is 72.9 Å². The minimum Gasteiger partial charge on any atom is -0.497 e. The molecular formula is C31H35N5O3S. The number of rotatable bonds is 11. The summed E-state index contributed by atoms with van der Waals surface area (Å²) < 4.78 is 5.27. The first-order valence-electron chi connectivity index (χ1n) is 13.7. The summed E-state index contributed by atoms with van der Waals surface area (Å²) in [5.74, 6) is 1.23. The standard InChI is InChI=1S/C31H35N5O3S/c1-39-26-7-3-5-22(21-26)10-15-32-30(38)29-9-8-28(40-29)27-11-16-33-31(35-27)34-24-6-2-4-23(20-24)12-17-36-18-13-25(37)14-19-36/h2-9,11,16,20-21,25,37H,10,12-15,17-19H2,1H3,(H,32,38)(H,33,34,35). The highest BCUT2D eigenvalue weighted by molar-refractivity contribution is 7.17. The van der Waals surface area contributed by atoms with Crippen molar-refractivity contribution in [3.8, 4) is 16.3 Å². The van der Waals surface area contributed by atoms with Gasteiger partial charge in [-0.05, 0) is 79.3 Å². The van der Waals surface area contributed by atoms with Crippen LogP contribution in [0.5, 0.6) is 5.75 Å². The molecule has 2 aromatic heterocycles. The number of aliphatic hydroxyl groups excluding tert-OH is 1. The van der Waals surface area contributed by atoms with Crippen molar-refractivity contribution in [2.45, 2.75) is 31.8 Å². The van der Waals surface area contributed by atoms with Gasteiger partial charge < -0.3 is 25.4 Å². The van der Waals surface area contributed by atoms with Gasteiger partial charge in [0.1, 0.15) is 5.75 Å². The van der Waals surface area contributed by atoms with Crippen LogP contribution < -0.4 is 15.4 Å². The lowest BCUT2D eigenvalue weighted by atomic mass is 10.1. The molecular weight excluding hydrogens is 522 g/mol. The molecule has 5 rings (SSSR count). The summed E-state index contributed by atoms with van der Waals surface area (Å²) in [5, 5.41) is 16.1. The van der Waals surface area contributed by atoms with Crippen LogP contribution in [0.4, 0.5) is 11.6 Å². The van der Waals surface area contributed by atoms with Crippen LogP contribution in [0.15, 0.2) is 72.9 Å². The second kappa shape index (κ2) is 13.5. The monoisotopic (exact) mass is 557 g/mol. The van der Waals surface area contributed by atoms with E-state index in [1.807, 2.05) is 54.6 Å². The van der Waals surface area contributed by atoms with Crippen LogP contribution in [0.25, 0.3) is 10.6 Å². The van der Waals surface area contributed by atoms with Gasteiger partial charge in [-0.3, -0.25) is 4.79 Å². The predicted octanol–water partition coefficient (Wildman–Crippen LogP) is 4.93. The molecule has 0 saturated carbocycles. The molecule has 208 valence electrons.